The predicted molar refractivity (Wildman–Crippen MR) is 86.6 cm³/mol. The second-order valence-corrected chi connectivity index (χ2v) is 7.30. The van der Waals surface area contributed by atoms with E-state index in [1.54, 1.807) is 13.8 Å². The second-order valence-electron chi connectivity index (χ2n) is 6.32. The molecule has 2 aliphatic heterocycles. The molecular weight excluding hydrogens is 312 g/mol. The van der Waals surface area contributed by atoms with Crippen LogP contribution >= 0.6 is 11.8 Å². The third-order valence-corrected chi connectivity index (χ3v) is 5.37. The Bertz CT molecular complexity index is 621. The minimum absolute atomic E-state index is 0.0222. The number of nitrogens with zero attached hydrogens (tertiary/aromatic N) is 3. The Morgan fingerprint density at radius 3 is 2.57 bits per heavy atom. The molecule has 23 heavy (non-hydrogen) atoms. The van der Waals surface area contributed by atoms with Gasteiger partial charge in [-0.25, -0.2) is 0 Å². The van der Waals surface area contributed by atoms with E-state index >= 15 is 0 Å². The predicted octanol–water partition coefficient (Wildman–Crippen LogP) is 1.76. The van der Waals surface area contributed by atoms with Crippen molar-refractivity contribution in [3.8, 4) is 12.1 Å². The van der Waals surface area contributed by atoms with Crippen molar-refractivity contribution in [2.75, 3.05) is 18.8 Å². The van der Waals surface area contributed by atoms with Gasteiger partial charge in [0.2, 0.25) is 11.8 Å². The maximum absolute atomic E-state index is 12.2. The topological polar surface area (TPSA) is 97.0 Å². The van der Waals surface area contributed by atoms with Crippen LogP contribution in [0.1, 0.15) is 33.1 Å². The zero-order chi connectivity index (χ0) is 17.0. The number of carbonyl (C=O) groups is 2. The Balaban J connectivity index is 2.13. The highest BCUT2D eigenvalue weighted by Gasteiger charge is 2.44. The molecule has 0 aromatic rings. The van der Waals surface area contributed by atoms with Crippen LogP contribution < -0.4 is 5.32 Å². The third kappa shape index (κ3) is 3.51. The summed E-state index contributed by atoms with van der Waals surface area (Å²) in [5.74, 6) is -1.11. The summed E-state index contributed by atoms with van der Waals surface area (Å²) in [6, 6.07) is 4.06. The van der Waals surface area contributed by atoms with Gasteiger partial charge in [-0.3, -0.25) is 9.59 Å². The number of piperidine rings is 1. The molecule has 0 bridgehead atoms. The Labute approximate surface area is 140 Å². The highest BCUT2D eigenvalue weighted by atomic mass is 32.2. The summed E-state index contributed by atoms with van der Waals surface area (Å²) < 4.78 is 0. The molecule has 0 spiro atoms. The second kappa shape index (κ2) is 7.06. The molecule has 1 saturated heterocycles. The average Bonchev–Trinajstić information content (AvgIpc) is 2.53. The number of hydrogen-bond donors (Lipinski definition) is 1. The quantitative estimate of drug-likeness (QED) is 0.849. The Hall–Kier alpha value is -1.99. The molecule has 2 heterocycles. The zero-order valence-corrected chi connectivity index (χ0v) is 14.2. The Morgan fingerprint density at radius 1 is 1.35 bits per heavy atom. The van der Waals surface area contributed by atoms with Crippen molar-refractivity contribution in [1.29, 1.82) is 10.5 Å². The fraction of sp³-hybridized carbons (Fsp3) is 0.625. The number of allylic oxidation sites excluding steroid dienone is 1. The number of nitrogens with one attached hydrogen (secondary N) is 1. The van der Waals surface area contributed by atoms with Crippen LogP contribution in [0.3, 0.4) is 0 Å². The van der Waals surface area contributed by atoms with Crippen LogP contribution in [0.15, 0.2) is 10.6 Å². The highest BCUT2D eigenvalue weighted by Crippen LogP contribution is 2.41. The molecule has 1 atom stereocenters. The summed E-state index contributed by atoms with van der Waals surface area (Å²) in [6.07, 6.45) is 3.20. The summed E-state index contributed by atoms with van der Waals surface area (Å²) in [7, 11) is 0. The number of carbonyl (C=O) groups excluding carboxylic acids is 2. The minimum Gasteiger partial charge on any atom is -0.342 e. The van der Waals surface area contributed by atoms with E-state index in [0.717, 1.165) is 32.4 Å². The number of likely N-dealkylation sites (tertiary alicyclic amines) is 1. The molecule has 0 unspecified atom stereocenters. The first-order valence-electron chi connectivity index (χ1n) is 7.67. The van der Waals surface area contributed by atoms with E-state index in [1.165, 1.54) is 11.8 Å². The fourth-order valence-corrected chi connectivity index (χ4v) is 3.98. The summed E-state index contributed by atoms with van der Waals surface area (Å²) >= 11 is 1.17. The van der Waals surface area contributed by atoms with E-state index in [2.05, 4.69) is 11.4 Å². The SMILES string of the molecule is CC1(C)C(C#N)=C(SCC(=O)N2CCCCC2)NC(=O)[C@@H]1C#N. The van der Waals surface area contributed by atoms with Crippen molar-refractivity contribution in [2.24, 2.45) is 11.3 Å². The lowest BCUT2D eigenvalue weighted by atomic mass is 9.72. The van der Waals surface area contributed by atoms with E-state index in [-0.39, 0.29) is 11.7 Å². The molecule has 0 radical (unpaired) electrons. The molecule has 1 fully saturated rings. The first-order chi connectivity index (χ1) is 10.9. The first-order valence-corrected chi connectivity index (χ1v) is 8.66. The van der Waals surface area contributed by atoms with Crippen LogP contribution in [0.25, 0.3) is 0 Å². The normalized spacial score (nSPS) is 23.7. The van der Waals surface area contributed by atoms with Gasteiger partial charge in [0.1, 0.15) is 5.92 Å². The van der Waals surface area contributed by atoms with Crippen molar-refractivity contribution >= 4 is 23.6 Å². The summed E-state index contributed by atoms with van der Waals surface area (Å²) in [5, 5.41) is 21.6. The molecule has 7 heteroatoms. The molecule has 0 saturated carbocycles. The maximum atomic E-state index is 12.2. The summed E-state index contributed by atoms with van der Waals surface area (Å²) in [4.78, 5) is 26.1. The van der Waals surface area contributed by atoms with Crippen LogP contribution in [0.2, 0.25) is 0 Å². The van der Waals surface area contributed by atoms with Gasteiger partial charge in [-0.2, -0.15) is 10.5 Å². The van der Waals surface area contributed by atoms with Gasteiger partial charge in [0.25, 0.3) is 0 Å². The van der Waals surface area contributed by atoms with E-state index in [1.807, 2.05) is 11.0 Å². The molecule has 2 amide bonds. The first kappa shape index (κ1) is 17.4. The lowest BCUT2D eigenvalue weighted by Crippen LogP contribution is -2.45. The van der Waals surface area contributed by atoms with E-state index in [0.29, 0.717) is 10.6 Å². The summed E-state index contributed by atoms with van der Waals surface area (Å²) in [5.41, 5.74) is -0.498. The van der Waals surface area contributed by atoms with Crippen LogP contribution in [-0.4, -0.2) is 35.6 Å². The lowest BCUT2D eigenvalue weighted by molar-refractivity contribution is -0.129. The molecule has 0 aromatic carbocycles. The third-order valence-electron chi connectivity index (χ3n) is 4.38. The Morgan fingerprint density at radius 2 is 2.00 bits per heavy atom. The van der Waals surface area contributed by atoms with Gasteiger partial charge in [0.15, 0.2) is 0 Å². The molecule has 2 rings (SSSR count). The maximum Gasteiger partial charge on any atom is 0.243 e. The van der Waals surface area contributed by atoms with Gasteiger partial charge in [-0.1, -0.05) is 25.6 Å². The average molecular weight is 332 g/mol. The van der Waals surface area contributed by atoms with Crippen LogP contribution in [-0.2, 0) is 9.59 Å². The van der Waals surface area contributed by atoms with Gasteiger partial charge < -0.3 is 10.2 Å². The van der Waals surface area contributed by atoms with Crippen LogP contribution in [0.5, 0.6) is 0 Å². The van der Waals surface area contributed by atoms with Gasteiger partial charge >= 0.3 is 0 Å². The van der Waals surface area contributed by atoms with Crippen molar-refractivity contribution in [3.05, 3.63) is 10.6 Å². The summed E-state index contributed by atoms with van der Waals surface area (Å²) in [6.45, 7) is 4.98. The highest BCUT2D eigenvalue weighted by molar-refractivity contribution is 8.03. The lowest BCUT2D eigenvalue weighted by Gasteiger charge is -2.34. The molecule has 2 aliphatic rings. The van der Waals surface area contributed by atoms with Gasteiger partial charge in [-0.15, -0.1) is 0 Å². The van der Waals surface area contributed by atoms with Crippen molar-refractivity contribution in [3.63, 3.8) is 0 Å². The molecule has 0 aromatic heterocycles. The van der Waals surface area contributed by atoms with Crippen molar-refractivity contribution < 1.29 is 9.59 Å². The van der Waals surface area contributed by atoms with Gasteiger partial charge in [-0.05, 0) is 19.3 Å². The van der Waals surface area contributed by atoms with E-state index in [4.69, 9.17) is 0 Å². The zero-order valence-electron chi connectivity index (χ0n) is 13.4. The Kier molecular flexibility index (Phi) is 5.33. The minimum atomic E-state index is -0.903. The molecule has 1 N–H and O–H groups in total. The number of thioether (sulfide) groups is 1. The standard InChI is InChI=1S/C16H20N4O2S/c1-16(2)11(8-17)14(22)19-15(12(16)9-18)23-10-13(21)20-6-4-3-5-7-20/h11H,3-7,10H2,1-2H3,(H,19,22)/t11-/m0/s1. The number of rotatable bonds is 3. The fourth-order valence-electron chi connectivity index (χ4n) is 2.90. The van der Waals surface area contributed by atoms with Gasteiger partial charge in [0, 0.05) is 18.5 Å². The monoisotopic (exact) mass is 332 g/mol. The molecule has 6 nitrogen and oxygen atoms in total. The van der Waals surface area contributed by atoms with Crippen LogP contribution in [0, 0.1) is 34.0 Å². The van der Waals surface area contributed by atoms with Crippen molar-refractivity contribution in [1.82, 2.24) is 10.2 Å². The number of nitriles is 2. The van der Waals surface area contributed by atoms with E-state index in [9.17, 15) is 20.1 Å². The van der Waals surface area contributed by atoms with Crippen LogP contribution in [0.4, 0.5) is 0 Å². The number of amides is 2. The molecule has 0 aliphatic carbocycles. The van der Waals surface area contributed by atoms with Crippen molar-refractivity contribution in [2.45, 2.75) is 33.1 Å². The van der Waals surface area contributed by atoms with Gasteiger partial charge in [0.05, 0.1) is 28.5 Å². The smallest absolute Gasteiger partial charge is 0.243 e. The van der Waals surface area contributed by atoms with E-state index < -0.39 is 17.2 Å². The molecule has 122 valence electrons. The number of hydrogen-bond acceptors (Lipinski definition) is 5. The molecular formula is C16H20N4O2S. The largest absolute Gasteiger partial charge is 0.342 e.